The van der Waals surface area contributed by atoms with E-state index in [4.69, 9.17) is 5.11 Å². The van der Waals surface area contributed by atoms with E-state index in [1.54, 1.807) is 18.5 Å². The summed E-state index contributed by atoms with van der Waals surface area (Å²) in [6.45, 7) is 4.64. The second kappa shape index (κ2) is 8.42. The molecule has 2 heterocycles. The number of carbonyl (C=O) groups is 2. The summed E-state index contributed by atoms with van der Waals surface area (Å²) in [6.07, 6.45) is 6.81. The highest BCUT2D eigenvalue weighted by molar-refractivity contribution is 5.96. The van der Waals surface area contributed by atoms with E-state index in [2.05, 4.69) is 15.4 Å². The van der Waals surface area contributed by atoms with Gasteiger partial charge in [-0.3, -0.25) is 9.59 Å². The van der Waals surface area contributed by atoms with Gasteiger partial charge in [0.05, 0.1) is 11.8 Å². The molecule has 1 amide bonds. The zero-order chi connectivity index (χ0) is 17.5. The predicted octanol–water partition coefficient (Wildman–Crippen LogP) is 2.78. The number of unbranched alkanes of at least 4 members (excludes halogenated alkanes) is 3. The van der Waals surface area contributed by atoms with Crippen LogP contribution in [-0.4, -0.2) is 38.3 Å². The van der Waals surface area contributed by atoms with Gasteiger partial charge >= 0.3 is 5.97 Å². The molecule has 0 saturated carbocycles. The molecule has 0 unspecified atom stereocenters. The van der Waals surface area contributed by atoms with E-state index in [0.717, 1.165) is 30.3 Å². The minimum Gasteiger partial charge on any atom is -0.481 e. The van der Waals surface area contributed by atoms with Gasteiger partial charge in [0, 0.05) is 30.6 Å². The van der Waals surface area contributed by atoms with E-state index in [1.165, 1.54) is 0 Å². The highest BCUT2D eigenvalue weighted by Gasteiger charge is 2.11. The van der Waals surface area contributed by atoms with Crippen LogP contribution >= 0.6 is 0 Å². The van der Waals surface area contributed by atoms with Crippen molar-refractivity contribution in [2.45, 2.75) is 52.0 Å². The van der Waals surface area contributed by atoms with Gasteiger partial charge in [0.1, 0.15) is 0 Å². The Hall–Kier alpha value is -2.44. The number of amides is 1. The summed E-state index contributed by atoms with van der Waals surface area (Å²) in [5, 5.41) is 16.6. The molecule has 0 aromatic carbocycles. The van der Waals surface area contributed by atoms with Crippen molar-refractivity contribution < 1.29 is 14.7 Å². The highest BCUT2D eigenvalue weighted by Crippen LogP contribution is 2.16. The fourth-order valence-corrected chi connectivity index (χ4v) is 2.50. The first-order valence-corrected chi connectivity index (χ1v) is 8.32. The van der Waals surface area contributed by atoms with Crippen molar-refractivity contribution in [3.63, 3.8) is 0 Å². The monoisotopic (exact) mass is 332 g/mol. The lowest BCUT2D eigenvalue weighted by Gasteiger charge is -2.07. The minimum absolute atomic E-state index is 0.146. The summed E-state index contributed by atoms with van der Waals surface area (Å²) in [5.74, 6) is -0.904. The summed E-state index contributed by atoms with van der Waals surface area (Å²) in [4.78, 5) is 26.9. The number of aromatic nitrogens is 3. The third-order valence-electron chi connectivity index (χ3n) is 3.79. The maximum Gasteiger partial charge on any atom is 0.303 e. The van der Waals surface area contributed by atoms with Gasteiger partial charge in [0.25, 0.3) is 5.91 Å². The topological polar surface area (TPSA) is 97.1 Å². The van der Waals surface area contributed by atoms with Crippen LogP contribution in [0.4, 0.5) is 0 Å². The lowest BCUT2D eigenvalue weighted by Crippen LogP contribution is -2.24. The molecule has 0 aliphatic rings. The van der Waals surface area contributed by atoms with Crippen LogP contribution in [0.5, 0.6) is 0 Å². The summed E-state index contributed by atoms with van der Waals surface area (Å²) < 4.78 is 1.83. The van der Waals surface area contributed by atoms with E-state index in [9.17, 15) is 9.59 Å². The lowest BCUT2D eigenvalue weighted by molar-refractivity contribution is -0.137. The molecule has 2 aromatic rings. The van der Waals surface area contributed by atoms with Gasteiger partial charge in [-0.25, -0.2) is 9.67 Å². The summed E-state index contributed by atoms with van der Waals surface area (Å²) in [5.41, 5.74) is 1.30. The molecule has 0 atom stereocenters. The molecule has 0 radical (unpaired) electrons. The van der Waals surface area contributed by atoms with Gasteiger partial charge in [0.15, 0.2) is 5.65 Å². The normalized spacial score (nSPS) is 11.1. The average Bonchev–Trinajstić information content (AvgIpc) is 2.96. The first-order chi connectivity index (χ1) is 11.5. The molecular formula is C17H24N4O3. The largest absolute Gasteiger partial charge is 0.481 e. The molecule has 7 heteroatoms. The Bertz CT molecular complexity index is 709. The van der Waals surface area contributed by atoms with E-state index < -0.39 is 5.97 Å². The number of fused-ring (bicyclic) bond motifs is 1. The standard InChI is InChI=1S/C17H24N4O3/c1-12(2)21-16-13(11-20-21)9-14(10-19-16)17(24)18-8-6-4-3-5-7-15(22)23/h9-12H,3-8H2,1-2H3,(H,18,24)(H,22,23). The molecule has 0 aliphatic heterocycles. The summed E-state index contributed by atoms with van der Waals surface area (Å²) >= 11 is 0. The molecule has 24 heavy (non-hydrogen) atoms. The van der Waals surface area contributed by atoms with Gasteiger partial charge in [-0.05, 0) is 32.8 Å². The number of rotatable bonds is 9. The number of aliphatic carboxylic acids is 1. The third-order valence-corrected chi connectivity index (χ3v) is 3.79. The summed E-state index contributed by atoms with van der Waals surface area (Å²) in [6, 6.07) is 2.02. The van der Waals surface area contributed by atoms with Crippen molar-refractivity contribution in [2.75, 3.05) is 6.54 Å². The number of nitrogens with zero attached hydrogens (tertiary/aromatic N) is 3. The first kappa shape index (κ1) is 17.9. The number of pyridine rings is 1. The third kappa shape index (κ3) is 4.78. The van der Waals surface area contributed by atoms with Crippen LogP contribution in [0.25, 0.3) is 11.0 Å². The van der Waals surface area contributed by atoms with E-state index in [1.807, 2.05) is 18.5 Å². The van der Waals surface area contributed by atoms with Crippen molar-refractivity contribution in [1.29, 1.82) is 0 Å². The Labute approximate surface area is 141 Å². The number of carboxylic acid groups (broad SMARTS) is 1. The van der Waals surface area contributed by atoms with Crippen molar-refractivity contribution >= 4 is 22.9 Å². The second-order valence-electron chi connectivity index (χ2n) is 6.13. The number of hydrogen-bond acceptors (Lipinski definition) is 4. The molecule has 0 aliphatic carbocycles. The molecule has 2 N–H and O–H groups in total. The minimum atomic E-state index is -0.757. The van der Waals surface area contributed by atoms with Gasteiger partial charge in [-0.1, -0.05) is 12.8 Å². The van der Waals surface area contributed by atoms with Crippen molar-refractivity contribution in [2.24, 2.45) is 0 Å². The quantitative estimate of drug-likeness (QED) is 0.688. The zero-order valence-electron chi connectivity index (χ0n) is 14.2. The van der Waals surface area contributed by atoms with Crippen LogP contribution in [0.3, 0.4) is 0 Å². The molecule has 0 fully saturated rings. The Balaban J connectivity index is 1.80. The Morgan fingerprint density at radius 2 is 1.96 bits per heavy atom. The lowest BCUT2D eigenvalue weighted by atomic mass is 10.1. The van der Waals surface area contributed by atoms with Gasteiger partial charge in [-0.15, -0.1) is 0 Å². The number of hydrogen-bond donors (Lipinski definition) is 2. The maximum absolute atomic E-state index is 12.2. The molecule has 0 saturated heterocycles. The predicted molar refractivity (Wildman–Crippen MR) is 91.0 cm³/mol. The van der Waals surface area contributed by atoms with E-state index in [-0.39, 0.29) is 18.4 Å². The van der Waals surface area contributed by atoms with Crippen LogP contribution in [0.1, 0.15) is 62.4 Å². The first-order valence-electron chi connectivity index (χ1n) is 8.32. The van der Waals surface area contributed by atoms with Crippen LogP contribution in [-0.2, 0) is 4.79 Å². The second-order valence-corrected chi connectivity index (χ2v) is 6.13. The van der Waals surface area contributed by atoms with Gasteiger partial charge < -0.3 is 10.4 Å². The number of carbonyl (C=O) groups excluding carboxylic acids is 1. The fourth-order valence-electron chi connectivity index (χ4n) is 2.50. The molecule has 2 rings (SSSR count). The van der Waals surface area contributed by atoms with Gasteiger partial charge in [0.2, 0.25) is 0 Å². The average molecular weight is 332 g/mol. The maximum atomic E-state index is 12.2. The fraction of sp³-hybridized carbons (Fsp3) is 0.529. The molecule has 0 spiro atoms. The van der Waals surface area contributed by atoms with Crippen molar-refractivity contribution in [3.8, 4) is 0 Å². The number of carboxylic acids is 1. The summed E-state index contributed by atoms with van der Waals surface area (Å²) in [7, 11) is 0. The van der Waals surface area contributed by atoms with Crippen LogP contribution in [0, 0.1) is 0 Å². The molecule has 0 bridgehead atoms. The molecule has 130 valence electrons. The van der Waals surface area contributed by atoms with Crippen molar-refractivity contribution in [3.05, 3.63) is 24.0 Å². The Kier molecular flexibility index (Phi) is 6.28. The molecule has 2 aromatic heterocycles. The SMILES string of the molecule is CC(C)n1ncc2cc(C(=O)NCCCCCCC(=O)O)cnc21. The smallest absolute Gasteiger partial charge is 0.303 e. The van der Waals surface area contributed by atoms with Crippen LogP contribution in [0.15, 0.2) is 18.5 Å². The Morgan fingerprint density at radius 3 is 2.67 bits per heavy atom. The highest BCUT2D eigenvalue weighted by atomic mass is 16.4. The van der Waals surface area contributed by atoms with Crippen molar-refractivity contribution in [1.82, 2.24) is 20.1 Å². The number of nitrogens with one attached hydrogen (secondary N) is 1. The van der Waals surface area contributed by atoms with Crippen LogP contribution in [0.2, 0.25) is 0 Å². The zero-order valence-corrected chi connectivity index (χ0v) is 14.2. The molecule has 7 nitrogen and oxygen atoms in total. The molecular weight excluding hydrogens is 308 g/mol. The van der Waals surface area contributed by atoms with E-state index in [0.29, 0.717) is 18.5 Å². The van der Waals surface area contributed by atoms with Crippen LogP contribution < -0.4 is 5.32 Å². The van der Waals surface area contributed by atoms with Gasteiger partial charge in [-0.2, -0.15) is 5.10 Å². The Morgan fingerprint density at radius 1 is 1.21 bits per heavy atom. The van der Waals surface area contributed by atoms with E-state index >= 15 is 0 Å².